The summed E-state index contributed by atoms with van der Waals surface area (Å²) in [6.07, 6.45) is 1.51. The molecule has 1 aliphatic heterocycles. The molecule has 0 spiro atoms. The first-order valence-electron chi connectivity index (χ1n) is 5.82. The van der Waals surface area contributed by atoms with Crippen molar-refractivity contribution < 1.29 is 14.3 Å². The van der Waals surface area contributed by atoms with E-state index >= 15 is 0 Å². The van der Waals surface area contributed by atoms with Crippen LogP contribution in [-0.2, 0) is 9.47 Å². The topological polar surface area (TPSA) is 61.6 Å². The molecule has 0 bridgehead atoms. The molecule has 0 radical (unpaired) electrons. The van der Waals surface area contributed by atoms with Crippen molar-refractivity contribution in [3.05, 3.63) is 29.3 Å². The monoisotopic (exact) mass is 235 g/mol. The molecule has 17 heavy (non-hydrogen) atoms. The van der Waals surface area contributed by atoms with E-state index in [9.17, 15) is 4.79 Å². The van der Waals surface area contributed by atoms with Crippen LogP contribution in [0.5, 0.6) is 0 Å². The Balaban J connectivity index is 2.06. The first-order valence-corrected chi connectivity index (χ1v) is 5.82. The van der Waals surface area contributed by atoms with Gasteiger partial charge in [-0.1, -0.05) is 6.07 Å². The van der Waals surface area contributed by atoms with Gasteiger partial charge in [0.2, 0.25) is 0 Å². The summed E-state index contributed by atoms with van der Waals surface area (Å²) in [5, 5.41) is 0. The molecule has 2 N–H and O–H groups in total. The molecule has 0 unspecified atom stereocenters. The molecule has 0 aliphatic carbocycles. The van der Waals surface area contributed by atoms with Crippen molar-refractivity contribution in [2.45, 2.75) is 25.9 Å². The third-order valence-electron chi connectivity index (χ3n) is 3.04. The standard InChI is InChI=1S/C13H17NO3/c1-9-11(3-2-4-12(9)14)13(15)17-10-5-7-16-8-6-10/h2-4,10H,5-8,14H2,1H3. The van der Waals surface area contributed by atoms with Gasteiger partial charge >= 0.3 is 5.97 Å². The Bertz CT molecular complexity index is 411. The van der Waals surface area contributed by atoms with Crippen LogP contribution < -0.4 is 5.73 Å². The molecular weight excluding hydrogens is 218 g/mol. The number of hydrogen-bond donors (Lipinski definition) is 1. The van der Waals surface area contributed by atoms with Crippen LogP contribution in [0.4, 0.5) is 5.69 Å². The first kappa shape index (κ1) is 11.9. The molecule has 0 amide bonds. The highest BCUT2D eigenvalue weighted by Gasteiger charge is 2.20. The lowest BCUT2D eigenvalue weighted by atomic mass is 10.1. The molecule has 1 saturated heterocycles. The molecule has 92 valence electrons. The van der Waals surface area contributed by atoms with Crippen molar-refractivity contribution in [1.29, 1.82) is 0 Å². The molecule has 1 aromatic carbocycles. The fraction of sp³-hybridized carbons (Fsp3) is 0.462. The zero-order valence-electron chi connectivity index (χ0n) is 9.94. The highest BCUT2D eigenvalue weighted by molar-refractivity contribution is 5.92. The Kier molecular flexibility index (Phi) is 3.64. The quantitative estimate of drug-likeness (QED) is 0.628. The summed E-state index contributed by atoms with van der Waals surface area (Å²) in [4.78, 5) is 12.0. The van der Waals surface area contributed by atoms with Crippen molar-refractivity contribution in [1.82, 2.24) is 0 Å². The van der Waals surface area contributed by atoms with Gasteiger partial charge in [-0.25, -0.2) is 4.79 Å². The van der Waals surface area contributed by atoms with Crippen LogP contribution >= 0.6 is 0 Å². The lowest BCUT2D eigenvalue weighted by molar-refractivity contribution is -0.0159. The molecule has 4 nitrogen and oxygen atoms in total. The average molecular weight is 235 g/mol. The average Bonchev–Trinajstić information content (AvgIpc) is 2.34. The molecular formula is C13H17NO3. The summed E-state index contributed by atoms with van der Waals surface area (Å²) in [7, 11) is 0. The third-order valence-corrected chi connectivity index (χ3v) is 3.04. The number of esters is 1. The van der Waals surface area contributed by atoms with Gasteiger partial charge in [-0.3, -0.25) is 0 Å². The third kappa shape index (κ3) is 2.77. The second-order valence-corrected chi connectivity index (χ2v) is 4.24. The number of carbonyl (C=O) groups excluding carboxylic acids is 1. The molecule has 1 aromatic rings. The molecule has 2 rings (SSSR count). The van der Waals surface area contributed by atoms with Crippen LogP contribution in [0.2, 0.25) is 0 Å². The number of ether oxygens (including phenoxy) is 2. The predicted molar refractivity (Wildman–Crippen MR) is 64.8 cm³/mol. The van der Waals surface area contributed by atoms with Gasteiger partial charge in [0, 0.05) is 18.5 Å². The Morgan fingerprint density at radius 2 is 2.12 bits per heavy atom. The number of nitrogens with two attached hydrogens (primary N) is 1. The Morgan fingerprint density at radius 3 is 2.82 bits per heavy atom. The van der Waals surface area contributed by atoms with Crippen molar-refractivity contribution >= 4 is 11.7 Å². The van der Waals surface area contributed by atoms with E-state index in [0.717, 1.165) is 18.4 Å². The van der Waals surface area contributed by atoms with Crippen LogP contribution in [0.1, 0.15) is 28.8 Å². The fourth-order valence-electron chi connectivity index (χ4n) is 1.88. The zero-order chi connectivity index (χ0) is 12.3. The minimum Gasteiger partial charge on any atom is -0.459 e. The van der Waals surface area contributed by atoms with E-state index in [0.29, 0.717) is 24.5 Å². The van der Waals surface area contributed by atoms with Gasteiger partial charge in [0.05, 0.1) is 18.8 Å². The van der Waals surface area contributed by atoms with Gasteiger partial charge < -0.3 is 15.2 Å². The minimum absolute atomic E-state index is 0.0305. The number of rotatable bonds is 2. The molecule has 1 fully saturated rings. The summed E-state index contributed by atoms with van der Waals surface area (Å²) >= 11 is 0. The van der Waals surface area contributed by atoms with Gasteiger partial charge in [-0.05, 0) is 24.6 Å². The molecule has 1 heterocycles. The first-order chi connectivity index (χ1) is 8.18. The van der Waals surface area contributed by atoms with Crippen molar-refractivity contribution in [2.75, 3.05) is 18.9 Å². The normalized spacial score (nSPS) is 16.8. The van der Waals surface area contributed by atoms with Crippen LogP contribution in [-0.4, -0.2) is 25.3 Å². The number of nitrogen functional groups attached to an aromatic ring is 1. The van der Waals surface area contributed by atoms with Crippen molar-refractivity contribution in [3.63, 3.8) is 0 Å². The number of carbonyl (C=O) groups is 1. The summed E-state index contributed by atoms with van der Waals surface area (Å²) in [5.41, 5.74) is 7.72. The maximum absolute atomic E-state index is 12.0. The van der Waals surface area contributed by atoms with Gasteiger partial charge in [0.15, 0.2) is 0 Å². The largest absolute Gasteiger partial charge is 0.459 e. The fourth-order valence-corrected chi connectivity index (χ4v) is 1.88. The van der Waals surface area contributed by atoms with Gasteiger partial charge in [0.1, 0.15) is 6.10 Å². The highest BCUT2D eigenvalue weighted by Crippen LogP contribution is 2.19. The van der Waals surface area contributed by atoms with E-state index in [4.69, 9.17) is 15.2 Å². The summed E-state index contributed by atoms with van der Waals surface area (Å²) in [5.74, 6) is -0.290. The van der Waals surface area contributed by atoms with E-state index in [1.807, 2.05) is 6.92 Å². The molecule has 0 atom stereocenters. The highest BCUT2D eigenvalue weighted by atomic mass is 16.6. The van der Waals surface area contributed by atoms with Gasteiger partial charge in [-0.15, -0.1) is 0 Å². The predicted octanol–water partition coefficient (Wildman–Crippen LogP) is 1.91. The zero-order valence-corrected chi connectivity index (χ0v) is 9.94. The smallest absolute Gasteiger partial charge is 0.338 e. The lowest BCUT2D eigenvalue weighted by Crippen LogP contribution is -2.26. The SMILES string of the molecule is Cc1c(N)cccc1C(=O)OC1CCOCC1. The maximum Gasteiger partial charge on any atom is 0.338 e. The van der Waals surface area contributed by atoms with Crippen molar-refractivity contribution in [2.24, 2.45) is 0 Å². The van der Waals surface area contributed by atoms with E-state index in [2.05, 4.69) is 0 Å². The Labute approximate surface area is 101 Å². The summed E-state index contributed by atoms with van der Waals surface area (Å²) in [6.45, 7) is 3.15. The van der Waals surface area contributed by atoms with E-state index in [-0.39, 0.29) is 12.1 Å². The van der Waals surface area contributed by atoms with Crippen LogP contribution in [0.15, 0.2) is 18.2 Å². The number of benzene rings is 1. The van der Waals surface area contributed by atoms with Gasteiger partial charge in [-0.2, -0.15) is 0 Å². The van der Waals surface area contributed by atoms with Crippen LogP contribution in [0, 0.1) is 6.92 Å². The van der Waals surface area contributed by atoms with E-state index < -0.39 is 0 Å². The minimum atomic E-state index is -0.290. The molecule has 0 saturated carbocycles. The molecule has 0 aromatic heterocycles. The maximum atomic E-state index is 12.0. The summed E-state index contributed by atoms with van der Waals surface area (Å²) in [6, 6.07) is 5.29. The second kappa shape index (κ2) is 5.19. The van der Waals surface area contributed by atoms with Crippen LogP contribution in [0.3, 0.4) is 0 Å². The van der Waals surface area contributed by atoms with E-state index in [1.165, 1.54) is 0 Å². The van der Waals surface area contributed by atoms with Crippen LogP contribution in [0.25, 0.3) is 0 Å². The number of hydrogen-bond acceptors (Lipinski definition) is 4. The van der Waals surface area contributed by atoms with E-state index in [1.54, 1.807) is 18.2 Å². The number of anilines is 1. The molecule has 4 heteroatoms. The Morgan fingerprint density at radius 1 is 1.41 bits per heavy atom. The Hall–Kier alpha value is -1.55. The molecule has 1 aliphatic rings. The van der Waals surface area contributed by atoms with Crippen molar-refractivity contribution in [3.8, 4) is 0 Å². The summed E-state index contributed by atoms with van der Waals surface area (Å²) < 4.78 is 10.7. The lowest BCUT2D eigenvalue weighted by Gasteiger charge is -2.22. The van der Waals surface area contributed by atoms with Gasteiger partial charge in [0.25, 0.3) is 0 Å². The second-order valence-electron chi connectivity index (χ2n) is 4.24.